The van der Waals surface area contributed by atoms with Crippen LogP contribution >= 0.6 is 0 Å². The quantitative estimate of drug-likeness (QED) is 0.750. The molecule has 0 aromatic carbocycles. The summed E-state index contributed by atoms with van der Waals surface area (Å²) in [4.78, 5) is 0. The van der Waals surface area contributed by atoms with E-state index in [9.17, 15) is 0 Å². The van der Waals surface area contributed by atoms with Crippen LogP contribution in [0.25, 0.3) is 0 Å². The van der Waals surface area contributed by atoms with E-state index in [4.69, 9.17) is 0 Å². The third kappa shape index (κ3) is 4.47. The highest BCUT2D eigenvalue weighted by molar-refractivity contribution is 4.84. The zero-order chi connectivity index (χ0) is 15.6. The van der Waals surface area contributed by atoms with Gasteiger partial charge in [-0.1, -0.05) is 41.5 Å². The van der Waals surface area contributed by atoms with Gasteiger partial charge in [-0.2, -0.15) is 0 Å². The van der Waals surface area contributed by atoms with Crippen LogP contribution in [0.15, 0.2) is 0 Å². The molecule has 8 atom stereocenters. The van der Waals surface area contributed by atoms with Crippen LogP contribution in [-0.4, -0.2) is 13.1 Å². The molecule has 0 aromatic rings. The summed E-state index contributed by atoms with van der Waals surface area (Å²) < 4.78 is 0. The average Bonchev–Trinajstić information content (AvgIpc) is 2.40. The minimum Gasteiger partial charge on any atom is -0.316 e. The van der Waals surface area contributed by atoms with Gasteiger partial charge < -0.3 is 5.32 Å². The summed E-state index contributed by atoms with van der Waals surface area (Å²) in [5.74, 6) is 7.28. The van der Waals surface area contributed by atoms with Crippen molar-refractivity contribution < 1.29 is 0 Å². The van der Waals surface area contributed by atoms with Crippen LogP contribution in [0, 0.1) is 47.3 Å². The van der Waals surface area contributed by atoms with Crippen LogP contribution in [0.5, 0.6) is 0 Å². The normalized spacial score (nSPS) is 48.3. The summed E-state index contributed by atoms with van der Waals surface area (Å²) in [6, 6.07) is 0. The van der Waals surface area contributed by atoms with Gasteiger partial charge >= 0.3 is 0 Å². The molecular weight excluding hydrogens is 254 g/mol. The Balaban J connectivity index is 1.78. The van der Waals surface area contributed by atoms with Crippen molar-refractivity contribution in [2.75, 3.05) is 13.1 Å². The van der Waals surface area contributed by atoms with Gasteiger partial charge in [0.25, 0.3) is 0 Å². The molecule has 0 radical (unpaired) electrons. The van der Waals surface area contributed by atoms with Crippen molar-refractivity contribution in [2.45, 2.75) is 67.2 Å². The van der Waals surface area contributed by atoms with E-state index in [1.807, 2.05) is 0 Å². The maximum absolute atomic E-state index is 3.87. The monoisotopic (exact) mass is 293 g/mol. The summed E-state index contributed by atoms with van der Waals surface area (Å²) in [7, 11) is 0. The first kappa shape index (κ1) is 17.3. The number of hydrogen-bond donors (Lipinski definition) is 1. The molecule has 0 saturated heterocycles. The fourth-order valence-electron chi connectivity index (χ4n) is 5.28. The van der Waals surface area contributed by atoms with Gasteiger partial charge in [0.15, 0.2) is 0 Å². The van der Waals surface area contributed by atoms with Crippen LogP contribution in [0.3, 0.4) is 0 Å². The van der Waals surface area contributed by atoms with Gasteiger partial charge in [-0.05, 0) is 86.1 Å². The van der Waals surface area contributed by atoms with Gasteiger partial charge in [0.05, 0.1) is 0 Å². The Hall–Kier alpha value is -0.0400. The lowest BCUT2D eigenvalue weighted by atomic mass is 9.69. The number of nitrogens with one attached hydrogen (secondary N) is 1. The first-order valence-electron chi connectivity index (χ1n) is 9.59. The Labute approximate surface area is 133 Å². The third-order valence-electron chi connectivity index (χ3n) is 7.05. The molecule has 1 N–H and O–H groups in total. The molecule has 0 aromatic heterocycles. The van der Waals surface area contributed by atoms with E-state index in [-0.39, 0.29) is 0 Å². The maximum atomic E-state index is 3.87. The van der Waals surface area contributed by atoms with Crippen molar-refractivity contribution in [3.05, 3.63) is 0 Å². The topological polar surface area (TPSA) is 12.0 Å². The van der Waals surface area contributed by atoms with Gasteiger partial charge in [0, 0.05) is 0 Å². The van der Waals surface area contributed by atoms with E-state index >= 15 is 0 Å². The molecule has 0 unspecified atom stereocenters. The maximum Gasteiger partial charge on any atom is -0.00177 e. The van der Waals surface area contributed by atoms with Crippen molar-refractivity contribution in [2.24, 2.45) is 47.3 Å². The standard InChI is InChI=1S/C20H39N/c1-13-7-15(3)17(5)19(9-13)11-21-12-20-10-14(2)8-16(4)18(20)6/h13-21H,7-12H2,1-6H3/t13-,14+,15-,16-,17-,18-,19-,20-/m0/s1. The molecule has 21 heavy (non-hydrogen) atoms. The van der Waals surface area contributed by atoms with Crippen molar-refractivity contribution in [3.8, 4) is 0 Å². The van der Waals surface area contributed by atoms with Crippen molar-refractivity contribution in [1.82, 2.24) is 5.32 Å². The molecule has 2 fully saturated rings. The molecule has 2 aliphatic carbocycles. The van der Waals surface area contributed by atoms with Crippen LogP contribution in [0.4, 0.5) is 0 Å². The molecular formula is C20H39N. The lowest BCUT2D eigenvalue weighted by molar-refractivity contribution is 0.117. The Morgan fingerprint density at radius 1 is 0.619 bits per heavy atom. The van der Waals surface area contributed by atoms with E-state index in [1.165, 1.54) is 38.8 Å². The second kappa shape index (κ2) is 7.49. The fraction of sp³-hybridized carbons (Fsp3) is 1.00. The first-order chi connectivity index (χ1) is 9.88. The lowest BCUT2D eigenvalue weighted by Gasteiger charge is -2.40. The largest absolute Gasteiger partial charge is 0.316 e. The molecule has 0 aliphatic heterocycles. The Morgan fingerprint density at radius 3 is 1.38 bits per heavy atom. The summed E-state index contributed by atoms with van der Waals surface area (Å²) >= 11 is 0. The summed E-state index contributed by atoms with van der Waals surface area (Å²) in [6.07, 6.45) is 5.75. The van der Waals surface area contributed by atoms with Gasteiger partial charge in [-0.15, -0.1) is 0 Å². The minimum atomic E-state index is 0.898. The molecule has 0 bridgehead atoms. The molecule has 0 heterocycles. The smallest absolute Gasteiger partial charge is 0.00177 e. The molecule has 1 nitrogen and oxygen atoms in total. The highest BCUT2D eigenvalue weighted by atomic mass is 14.9. The molecule has 0 spiro atoms. The highest BCUT2D eigenvalue weighted by Gasteiger charge is 2.32. The van der Waals surface area contributed by atoms with Gasteiger partial charge in [0.1, 0.15) is 0 Å². The van der Waals surface area contributed by atoms with Crippen molar-refractivity contribution in [3.63, 3.8) is 0 Å². The molecule has 2 rings (SSSR count). The first-order valence-corrected chi connectivity index (χ1v) is 9.59. The number of rotatable bonds is 4. The zero-order valence-electron chi connectivity index (χ0n) is 15.4. The van der Waals surface area contributed by atoms with E-state index in [0.717, 1.165) is 47.3 Å². The second-order valence-corrected chi connectivity index (χ2v) is 9.00. The van der Waals surface area contributed by atoms with Crippen molar-refractivity contribution >= 4 is 0 Å². The Bertz CT molecular complexity index is 283. The minimum absolute atomic E-state index is 0.898. The second-order valence-electron chi connectivity index (χ2n) is 9.00. The third-order valence-corrected chi connectivity index (χ3v) is 7.05. The summed E-state index contributed by atoms with van der Waals surface area (Å²) in [5, 5.41) is 3.87. The van der Waals surface area contributed by atoms with Crippen LogP contribution in [0.1, 0.15) is 67.2 Å². The van der Waals surface area contributed by atoms with E-state index in [1.54, 1.807) is 0 Å². The molecule has 2 saturated carbocycles. The summed E-state index contributed by atoms with van der Waals surface area (Å²) in [6.45, 7) is 17.3. The van der Waals surface area contributed by atoms with E-state index in [2.05, 4.69) is 46.9 Å². The van der Waals surface area contributed by atoms with Crippen molar-refractivity contribution in [1.29, 1.82) is 0 Å². The number of hydrogen-bond acceptors (Lipinski definition) is 1. The highest BCUT2D eigenvalue weighted by Crippen LogP contribution is 2.39. The summed E-state index contributed by atoms with van der Waals surface area (Å²) in [5.41, 5.74) is 0. The van der Waals surface area contributed by atoms with Gasteiger partial charge in [0.2, 0.25) is 0 Å². The predicted octanol–water partition coefficient (Wildman–Crippen LogP) is 5.21. The van der Waals surface area contributed by atoms with E-state index < -0.39 is 0 Å². The Morgan fingerprint density at radius 2 is 1.00 bits per heavy atom. The molecule has 2 aliphatic rings. The van der Waals surface area contributed by atoms with Gasteiger partial charge in [-0.25, -0.2) is 0 Å². The predicted molar refractivity (Wildman–Crippen MR) is 93.3 cm³/mol. The SMILES string of the molecule is C[C@@H]1C[C@@H](CNC[C@@H]2C[C@H](C)C[C@H](C)[C@@H]2C)[C@@H](C)[C@@H](C)C1. The van der Waals surface area contributed by atoms with E-state index in [0.29, 0.717) is 0 Å². The molecule has 1 heteroatoms. The fourth-order valence-corrected chi connectivity index (χ4v) is 5.28. The lowest BCUT2D eigenvalue weighted by Crippen LogP contribution is -2.40. The molecule has 0 amide bonds. The van der Waals surface area contributed by atoms with Crippen LogP contribution < -0.4 is 5.32 Å². The molecule has 124 valence electrons. The Kier molecular flexibility index (Phi) is 6.17. The zero-order valence-corrected chi connectivity index (χ0v) is 15.4. The van der Waals surface area contributed by atoms with Crippen LogP contribution in [0.2, 0.25) is 0 Å². The average molecular weight is 294 g/mol. The van der Waals surface area contributed by atoms with Crippen LogP contribution in [-0.2, 0) is 0 Å². The van der Waals surface area contributed by atoms with Gasteiger partial charge in [-0.3, -0.25) is 0 Å².